The van der Waals surface area contributed by atoms with E-state index in [9.17, 15) is 0 Å². The summed E-state index contributed by atoms with van der Waals surface area (Å²) in [5, 5.41) is 2.75. The lowest BCUT2D eigenvalue weighted by atomic mass is 11.8. The van der Waals surface area contributed by atoms with Gasteiger partial charge in [-0.1, -0.05) is 60.9 Å². The molecule has 0 unspecified atom stereocenters. The Morgan fingerprint density at radius 3 is 1.14 bits per heavy atom. The van der Waals surface area contributed by atoms with Crippen molar-refractivity contribution in [3.05, 3.63) is 0 Å². The highest BCUT2D eigenvalue weighted by Gasteiger charge is 2.14. The first-order valence-corrected chi connectivity index (χ1v) is 17.4. The summed E-state index contributed by atoms with van der Waals surface area (Å²) in [6.07, 6.45) is 0. The Kier molecular flexibility index (Phi) is 8.16. The molecule has 0 aromatic rings. The van der Waals surface area contributed by atoms with Gasteiger partial charge in [-0.3, -0.25) is 0 Å². The van der Waals surface area contributed by atoms with Crippen molar-refractivity contribution in [3.8, 4) is 0 Å². The highest BCUT2D eigenvalue weighted by Crippen LogP contribution is 2.44. The minimum atomic E-state index is -0.826. The molecular formula is C8H22S4Si2. The average molecular weight is 303 g/mol. The lowest BCUT2D eigenvalue weighted by Gasteiger charge is -2.15. The smallest absolute Gasteiger partial charge is 0.0559 e. The van der Waals surface area contributed by atoms with Gasteiger partial charge in [0.1, 0.15) is 0 Å². The van der Waals surface area contributed by atoms with Crippen molar-refractivity contribution in [2.45, 2.75) is 39.3 Å². The Labute approximate surface area is 107 Å². The molecule has 0 nitrogen and oxygen atoms in total. The molecule has 86 valence electrons. The second kappa shape index (κ2) is 7.22. The van der Waals surface area contributed by atoms with Crippen molar-refractivity contribution in [1.29, 1.82) is 0 Å². The first-order valence-electron chi connectivity index (χ1n) is 4.78. The Bertz CT molecular complexity index is 132. The summed E-state index contributed by atoms with van der Waals surface area (Å²) in [4.78, 5) is 0. The summed E-state index contributed by atoms with van der Waals surface area (Å²) < 4.78 is 0. The molecule has 0 amide bonds. The van der Waals surface area contributed by atoms with Crippen LogP contribution < -0.4 is 0 Å². The zero-order chi connectivity index (χ0) is 11.2. The predicted molar refractivity (Wildman–Crippen MR) is 86.8 cm³/mol. The SMILES string of the molecule is C[Si](C)(C)CSSSSC[Si](C)(C)C. The van der Waals surface area contributed by atoms with E-state index in [0.717, 1.165) is 0 Å². The maximum Gasteiger partial charge on any atom is 0.0559 e. The van der Waals surface area contributed by atoms with Crippen LogP contribution in [0.4, 0.5) is 0 Å². The summed E-state index contributed by atoms with van der Waals surface area (Å²) in [5.41, 5.74) is 0. The normalized spacial score (nSPS) is 13.3. The fourth-order valence-corrected chi connectivity index (χ4v) is 16.6. The van der Waals surface area contributed by atoms with E-state index >= 15 is 0 Å². The second-order valence-corrected chi connectivity index (χ2v) is 23.8. The van der Waals surface area contributed by atoms with E-state index in [1.54, 1.807) is 0 Å². The average Bonchev–Trinajstić information content (AvgIpc) is 1.92. The fraction of sp³-hybridized carbons (Fsp3) is 1.00. The van der Waals surface area contributed by atoms with Gasteiger partial charge in [-0.25, -0.2) is 0 Å². The van der Waals surface area contributed by atoms with E-state index in [-0.39, 0.29) is 0 Å². The molecule has 0 aliphatic carbocycles. The van der Waals surface area contributed by atoms with Gasteiger partial charge in [0.25, 0.3) is 0 Å². The molecule has 0 fully saturated rings. The molecule has 0 N–H and O–H groups in total. The van der Waals surface area contributed by atoms with E-state index in [2.05, 4.69) is 39.3 Å². The van der Waals surface area contributed by atoms with Crippen LogP contribution in [0.2, 0.25) is 39.3 Å². The van der Waals surface area contributed by atoms with Crippen LogP contribution in [0, 0.1) is 0 Å². The van der Waals surface area contributed by atoms with Crippen molar-refractivity contribution < 1.29 is 0 Å². The molecule has 0 aliphatic rings. The number of rotatable bonds is 7. The van der Waals surface area contributed by atoms with Gasteiger partial charge >= 0.3 is 0 Å². The Morgan fingerprint density at radius 2 is 0.929 bits per heavy atom. The zero-order valence-electron chi connectivity index (χ0n) is 10.0. The van der Waals surface area contributed by atoms with E-state index in [1.807, 2.05) is 41.2 Å². The van der Waals surface area contributed by atoms with Crippen molar-refractivity contribution >= 4 is 57.4 Å². The Hall–Kier alpha value is 1.83. The predicted octanol–water partition coefficient (Wildman–Crippen LogP) is 5.42. The van der Waals surface area contributed by atoms with Crippen LogP contribution in [0.15, 0.2) is 0 Å². The topological polar surface area (TPSA) is 0 Å². The summed E-state index contributed by atoms with van der Waals surface area (Å²) in [7, 11) is 6.39. The fourth-order valence-electron chi connectivity index (χ4n) is 0.441. The van der Waals surface area contributed by atoms with Crippen LogP contribution in [-0.4, -0.2) is 26.9 Å². The van der Waals surface area contributed by atoms with Gasteiger partial charge < -0.3 is 0 Å². The molecule has 0 saturated carbocycles. The van der Waals surface area contributed by atoms with Gasteiger partial charge in [-0.15, -0.1) is 0 Å². The molecule has 6 heteroatoms. The third-order valence-electron chi connectivity index (χ3n) is 1.11. The van der Waals surface area contributed by atoms with Crippen molar-refractivity contribution in [2.75, 3.05) is 10.8 Å². The second-order valence-electron chi connectivity index (χ2n) is 5.78. The largest absolute Gasteiger partial charge is 0.0848 e. The van der Waals surface area contributed by atoms with E-state index in [1.165, 1.54) is 10.8 Å². The molecule has 0 atom stereocenters. The summed E-state index contributed by atoms with van der Waals surface area (Å²) >= 11 is 0. The molecule has 14 heavy (non-hydrogen) atoms. The molecule has 0 aromatic heterocycles. The monoisotopic (exact) mass is 302 g/mol. The maximum absolute atomic E-state index is 2.43. The minimum absolute atomic E-state index is 0.826. The van der Waals surface area contributed by atoms with Gasteiger partial charge in [0.15, 0.2) is 0 Å². The standard InChI is InChI=1S/C8H22S4Si2/c1-13(2,3)7-9-11-12-10-8-14(4,5)6/h7-8H2,1-6H3. The molecule has 0 rings (SSSR count). The highest BCUT2D eigenvalue weighted by atomic mass is 33.7. The van der Waals surface area contributed by atoms with Crippen LogP contribution >= 0.6 is 41.2 Å². The number of hydrogen-bond acceptors (Lipinski definition) is 4. The summed E-state index contributed by atoms with van der Waals surface area (Å²) in [6, 6.07) is 0. The van der Waals surface area contributed by atoms with E-state index in [0.29, 0.717) is 0 Å². The lowest BCUT2D eigenvalue weighted by molar-refractivity contribution is 1.68. The minimum Gasteiger partial charge on any atom is -0.0848 e. The summed E-state index contributed by atoms with van der Waals surface area (Å²) in [5.74, 6) is 0. The quantitative estimate of drug-likeness (QED) is 0.350. The van der Waals surface area contributed by atoms with E-state index < -0.39 is 16.1 Å². The van der Waals surface area contributed by atoms with E-state index in [4.69, 9.17) is 0 Å². The molecule has 0 spiro atoms. The molecule has 0 heterocycles. The van der Waals surface area contributed by atoms with Crippen molar-refractivity contribution in [2.24, 2.45) is 0 Å². The van der Waals surface area contributed by atoms with Crippen LogP contribution in [0.25, 0.3) is 0 Å². The van der Waals surface area contributed by atoms with Gasteiger partial charge in [-0.2, -0.15) is 0 Å². The molecule has 0 aliphatic heterocycles. The first-order chi connectivity index (χ1) is 6.21. The lowest BCUT2D eigenvalue weighted by Crippen LogP contribution is -2.23. The molecule has 0 bridgehead atoms. The Morgan fingerprint density at radius 1 is 0.643 bits per heavy atom. The van der Waals surface area contributed by atoms with Crippen LogP contribution in [0.1, 0.15) is 0 Å². The maximum atomic E-state index is 2.43. The van der Waals surface area contributed by atoms with Crippen LogP contribution in [0.3, 0.4) is 0 Å². The van der Waals surface area contributed by atoms with Gasteiger partial charge in [0, 0.05) is 0 Å². The first kappa shape index (κ1) is 15.8. The Balaban J connectivity index is 3.23. The molecule has 0 saturated heterocycles. The van der Waals surface area contributed by atoms with Crippen molar-refractivity contribution in [1.82, 2.24) is 0 Å². The van der Waals surface area contributed by atoms with Crippen LogP contribution in [-0.2, 0) is 0 Å². The number of hydrogen-bond donors (Lipinski definition) is 0. The third-order valence-corrected chi connectivity index (χ3v) is 15.8. The molecular weight excluding hydrogens is 281 g/mol. The molecule has 0 aromatic carbocycles. The highest BCUT2D eigenvalue weighted by molar-refractivity contribution is 9.26. The van der Waals surface area contributed by atoms with Gasteiger partial charge in [-0.05, 0) is 30.4 Å². The molecule has 0 radical (unpaired) electrons. The summed E-state index contributed by atoms with van der Waals surface area (Å²) in [6.45, 7) is 14.6. The van der Waals surface area contributed by atoms with Gasteiger partial charge in [0.05, 0.1) is 16.1 Å². The van der Waals surface area contributed by atoms with Crippen molar-refractivity contribution in [3.63, 3.8) is 0 Å². The van der Waals surface area contributed by atoms with Crippen LogP contribution in [0.5, 0.6) is 0 Å². The zero-order valence-corrected chi connectivity index (χ0v) is 15.3. The van der Waals surface area contributed by atoms with Gasteiger partial charge in [0.2, 0.25) is 0 Å². The third kappa shape index (κ3) is 13.8.